The molecule has 2 rings (SSSR count). The van der Waals surface area contributed by atoms with E-state index in [-0.39, 0.29) is 18.4 Å². The molecule has 0 spiro atoms. The van der Waals surface area contributed by atoms with Gasteiger partial charge in [0.05, 0.1) is 6.54 Å². The van der Waals surface area contributed by atoms with Crippen LogP contribution in [0.15, 0.2) is 30.3 Å². The summed E-state index contributed by atoms with van der Waals surface area (Å²) in [6.45, 7) is 2.81. The lowest BCUT2D eigenvalue weighted by atomic mass is 9.88. The molecule has 1 heterocycles. The number of likely N-dealkylation sites (tertiary alicyclic amines) is 1. The number of primary amides is 1. The molecule has 1 fully saturated rings. The second-order valence-electron chi connectivity index (χ2n) is 6.64. The Labute approximate surface area is 148 Å². The Kier molecular flexibility index (Phi) is 6.98. The third-order valence-corrected chi connectivity index (χ3v) is 4.79. The number of nitrogens with zero attached hydrogens (tertiary/aromatic N) is 1. The largest absolute Gasteiger partial charge is 0.369 e. The molecular formula is C19H27N3O3. The molecule has 0 aliphatic carbocycles. The van der Waals surface area contributed by atoms with Crippen molar-refractivity contribution in [3.8, 4) is 0 Å². The molecule has 1 aliphatic rings. The minimum absolute atomic E-state index is 0.0373. The third kappa shape index (κ3) is 5.59. The van der Waals surface area contributed by atoms with Gasteiger partial charge in [-0.15, -0.1) is 0 Å². The van der Waals surface area contributed by atoms with Crippen LogP contribution in [0.2, 0.25) is 0 Å². The van der Waals surface area contributed by atoms with Gasteiger partial charge in [-0.05, 0) is 24.8 Å². The Hall–Kier alpha value is -2.37. The standard InChI is InChI=1S/C19H27N3O3/c1-14(18(20)24)16-9-5-6-12-22(19(16)25)13-17(23)21-11-10-15-7-3-2-4-8-15/h2-4,7-8,14,16H,5-6,9-13H2,1H3,(H2,20,24)(H,21,23)/t14?,16-/m0/s1. The summed E-state index contributed by atoms with van der Waals surface area (Å²) in [5, 5.41) is 2.86. The molecule has 1 unspecified atom stereocenters. The van der Waals surface area contributed by atoms with Crippen molar-refractivity contribution in [2.24, 2.45) is 17.6 Å². The number of carbonyl (C=O) groups is 3. The molecule has 3 amide bonds. The van der Waals surface area contributed by atoms with E-state index in [0.29, 0.717) is 19.5 Å². The molecular weight excluding hydrogens is 318 g/mol. The van der Waals surface area contributed by atoms with Gasteiger partial charge in [0, 0.05) is 24.9 Å². The summed E-state index contributed by atoms with van der Waals surface area (Å²) in [5.74, 6) is -1.70. The Morgan fingerprint density at radius 3 is 2.68 bits per heavy atom. The Bertz CT molecular complexity index is 603. The fraction of sp³-hybridized carbons (Fsp3) is 0.526. The van der Waals surface area contributed by atoms with Crippen LogP contribution in [0.25, 0.3) is 0 Å². The number of benzene rings is 1. The zero-order chi connectivity index (χ0) is 18.2. The fourth-order valence-electron chi connectivity index (χ4n) is 3.17. The van der Waals surface area contributed by atoms with Gasteiger partial charge < -0.3 is 16.0 Å². The molecule has 1 aromatic rings. The van der Waals surface area contributed by atoms with E-state index in [2.05, 4.69) is 5.32 Å². The van der Waals surface area contributed by atoms with E-state index >= 15 is 0 Å². The monoisotopic (exact) mass is 345 g/mol. The minimum atomic E-state index is -0.505. The second-order valence-corrected chi connectivity index (χ2v) is 6.64. The molecule has 1 saturated heterocycles. The van der Waals surface area contributed by atoms with Crippen LogP contribution in [0.3, 0.4) is 0 Å². The average molecular weight is 345 g/mol. The summed E-state index contributed by atoms with van der Waals surface area (Å²) in [5.41, 5.74) is 6.52. The van der Waals surface area contributed by atoms with Gasteiger partial charge in [0.1, 0.15) is 0 Å². The van der Waals surface area contributed by atoms with Crippen molar-refractivity contribution in [1.82, 2.24) is 10.2 Å². The number of amides is 3. The third-order valence-electron chi connectivity index (χ3n) is 4.79. The number of carbonyl (C=O) groups excluding carboxylic acids is 3. The van der Waals surface area contributed by atoms with Crippen molar-refractivity contribution >= 4 is 17.7 Å². The van der Waals surface area contributed by atoms with Crippen molar-refractivity contribution in [1.29, 1.82) is 0 Å². The quantitative estimate of drug-likeness (QED) is 0.775. The van der Waals surface area contributed by atoms with Crippen LogP contribution in [-0.4, -0.2) is 42.3 Å². The molecule has 1 aromatic carbocycles. The van der Waals surface area contributed by atoms with E-state index < -0.39 is 17.7 Å². The molecule has 2 atom stereocenters. The number of hydrogen-bond donors (Lipinski definition) is 2. The molecule has 0 bridgehead atoms. The number of nitrogens with two attached hydrogens (primary N) is 1. The van der Waals surface area contributed by atoms with Crippen LogP contribution in [0.4, 0.5) is 0 Å². The van der Waals surface area contributed by atoms with Gasteiger partial charge in [0.2, 0.25) is 17.7 Å². The molecule has 136 valence electrons. The predicted octanol–water partition coefficient (Wildman–Crippen LogP) is 1.10. The van der Waals surface area contributed by atoms with Crippen LogP contribution in [0, 0.1) is 11.8 Å². The first kappa shape index (κ1) is 19.0. The summed E-state index contributed by atoms with van der Waals surface area (Å²) >= 11 is 0. The molecule has 0 radical (unpaired) electrons. The zero-order valence-electron chi connectivity index (χ0n) is 14.7. The number of nitrogens with one attached hydrogen (secondary N) is 1. The Morgan fingerprint density at radius 1 is 1.28 bits per heavy atom. The van der Waals surface area contributed by atoms with Crippen molar-refractivity contribution in [3.05, 3.63) is 35.9 Å². The van der Waals surface area contributed by atoms with Gasteiger partial charge in [-0.3, -0.25) is 14.4 Å². The lowest BCUT2D eigenvalue weighted by molar-refractivity contribution is -0.142. The lowest BCUT2D eigenvalue weighted by Crippen LogP contribution is -2.45. The van der Waals surface area contributed by atoms with Gasteiger partial charge in [-0.1, -0.05) is 43.7 Å². The van der Waals surface area contributed by atoms with Gasteiger partial charge in [0.25, 0.3) is 0 Å². The maximum atomic E-state index is 12.7. The first-order chi connectivity index (χ1) is 12.0. The molecule has 25 heavy (non-hydrogen) atoms. The van der Waals surface area contributed by atoms with Crippen molar-refractivity contribution in [3.63, 3.8) is 0 Å². The smallest absolute Gasteiger partial charge is 0.239 e. The van der Waals surface area contributed by atoms with Gasteiger partial charge in [-0.25, -0.2) is 0 Å². The highest BCUT2D eigenvalue weighted by molar-refractivity contribution is 5.89. The maximum Gasteiger partial charge on any atom is 0.239 e. The summed E-state index contributed by atoms with van der Waals surface area (Å²) in [6, 6.07) is 9.91. The molecule has 1 aliphatic heterocycles. The van der Waals surface area contributed by atoms with E-state index in [1.54, 1.807) is 11.8 Å². The van der Waals surface area contributed by atoms with Gasteiger partial charge >= 0.3 is 0 Å². The summed E-state index contributed by atoms with van der Waals surface area (Å²) in [4.78, 5) is 37.8. The van der Waals surface area contributed by atoms with Crippen LogP contribution < -0.4 is 11.1 Å². The molecule has 6 nitrogen and oxygen atoms in total. The first-order valence-corrected chi connectivity index (χ1v) is 8.87. The highest BCUT2D eigenvalue weighted by atomic mass is 16.2. The van der Waals surface area contributed by atoms with Crippen LogP contribution in [0.5, 0.6) is 0 Å². The summed E-state index contributed by atoms with van der Waals surface area (Å²) < 4.78 is 0. The Morgan fingerprint density at radius 2 is 2.00 bits per heavy atom. The van der Waals surface area contributed by atoms with Gasteiger partial charge in [0.15, 0.2) is 0 Å². The second kappa shape index (κ2) is 9.20. The SMILES string of the molecule is CC(C(N)=O)[C@@H]1CCCCN(CC(=O)NCCc2ccccc2)C1=O. The van der Waals surface area contributed by atoms with E-state index in [1.165, 1.54) is 0 Å². The average Bonchev–Trinajstić information content (AvgIpc) is 2.77. The highest BCUT2D eigenvalue weighted by Crippen LogP contribution is 2.24. The fourth-order valence-corrected chi connectivity index (χ4v) is 3.17. The van der Waals surface area contributed by atoms with E-state index in [0.717, 1.165) is 24.8 Å². The number of hydrogen-bond acceptors (Lipinski definition) is 3. The van der Waals surface area contributed by atoms with Crippen LogP contribution in [-0.2, 0) is 20.8 Å². The summed E-state index contributed by atoms with van der Waals surface area (Å²) in [7, 11) is 0. The molecule has 0 saturated carbocycles. The first-order valence-electron chi connectivity index (χ1n) is 8.87. The molecule has 3 N–H and O–H groups in total. The van der Waals surface area contributed by atoms with Crippen LogP contribution in [0.1, 0.15) is 31.7 Å². The maximum absolute atomic E-state index is 12.7. The van der Waals surface area contributed by atoms with Gasteiger partial charge in [-0.2, -0.15) is 0 Å². The summed E-state index contributed by atoms with van der Waals surface area (Å²) in [6.07, 6.45) is 3.10. The predicted molar refractivity (Wildman–Crippen MR) is 95.4 cm³/mol. The van der Waals surface area contributed by atoms with Crippen LogP contribution >= 0.6 is 0 Å². The molecule has 0 aromatic heterocycles. The number of rotatable bonds is 7. The van der Waals surface area contributed by atoms with Crippen molar-refractivity contribution in [2.75, 3.05) is 19.6 Å². The van der Waals surface area contributed by atoms with E-state index in [1.807, 2.05) is 30.3 Å². The molecule has 6 heteroatoms. The normalized spacial score (nSPS) is 19.2. The van der Waals surface area contributed by atoms with E-state index in [4.69, 9.17) is 5.73 Å². The Balaban J connectivity index is 1.85. The minimum Gasteiger partial charge on any atom is -0.369 e. The highest BCUT2D eigenvalue weighted by Gasteiger charge is 2.34. The lowest BCUT2D eigenvalue weighted by Gasteiger charge is -2.26. The van der Waals surface area contributed by atoms with Crippen molar-refractivity contribution in [2.45, 2.75) is 32.6 Å². The van der Waals surface area contributed by atoms with Crippen molar-refractivity contribution < 1.29 is 14.4 Å². The zero-order valence-corrected chi connectivity index (χ0v) is 14.7. The topological polar surface area (TPSA) is 92.5 Å². The van der Waals surface area contributed by atoms with E-state index in [9.17, 15) is 14.4 Å².